The van der Waals surface area contributed by atoms with Gasteiger partial charge in [-0.05, 0) is 12.1 Å². The Kier molecular flexibility index (Phi) is 3.45. The van der Waals surface area contributed by atoms with Gasteiger partial charge in [-0.3, -0.25) is 4.79 Å². The number of hydrogen-bond acceptors (Lipinski definition) is 3. The van der Waals surface area contributed by atoms with Gasteiger partial charge in [0.15, 0.2) is 12.5 Å². The molecule has 4 heteroatoms. The minimum Gasteiger partial charge on any atom is -0.497 e. The number of carbonyl (C=O) groups excluding carboxylic acids is 1. The van der Waals surface area contributed by atoms with Crippen molar-refractivity contribution in [2.75, 3.05) is 14.2 Å². The predicted octanol–water partition coefficient (Wildman–Crippen LogP) is 1.91. The van der Waals surface area contributed by atoms with Gasteiger partial charge >= 0.3 is 0 Å². The van der Waals surface area contributed by atoms with Crippen LogP contribution in [0.4, 0.5) is 4.39 Å². The van der Waals surface area contributed by atoms with Crippen LogP contribution < -0.4 is 9.47 Å². The van der Waals surface area contributed by atoms with Crippen LogP contribution in [0.5, 0.6) is 11.5 Å². The molecular weight excluding hydrogens is 187 g/mol. The third kappa shape index (κ3) is 2.02. The van der Waals surface area contributed by atoms with Crippen molar-refractivity contribution in [2.24, 2.45) is 0 Å². The van der Waals surface area contributed by atoms with Crippen molar-refractivity contribution in [1.29, 1.82) is 0 Å². The van der Waals surface area contributed by atoms with E-state index in [1.807, 2.05) is 0 Å². The van der Waals surface area contributed by atoms with E-state index in [4.69, 9.17) is 9.47 Å². The van der Waals surface area contributed by atoms with E-state index in [0.29, 0.717) is 11.5 Å². The number of methoxy groups -OCH3 is 2. The lowest BCUT2D eigenvalue weighted by atomic mass is 10.1. The Balaban J connectivity index is 3.10. The molecule has 1 atom stereocenters. The lowest BCUT2D eigenvalue weighted by molar-refractivity contribution is -0.112. The second-order valence-corrected chi connectivity index (χ2v) is 2.65. The molecule has 0 saturated heterocycles. The summed E-state index contributed by atoms with van der Waals surface area (Å²) in [6.07, 6.45) is -1.43. The number of carbonyl (C=O) groups is 1. The van der Waals surface area contributed by atoms with Crippen LogP contribution in [0.15, 0.2) is 18.2 Å². The number of hydrogen-bond donors (Lipinski definition) is 0. The third-order valence-corrected chi connectivity index (χ3v) is 1.86. The number of ether oxygens (including phenoxy) is 2. The SMILES string of the molecule is COc1ccc(C(F)C=O)c(OC)c1. The molecule has 3 nitrogen and oxygen atoms in total. The van der Waals surface area contributed by atoms with Crippen LogP contribution in [0.3, 0.4) is 0 Å². The zero-order valence-corrected chi connectivity index (χ0v) is 7.99. The van der Waals surface area contributed by atoms with Gasteiger partial charge in [0.05, 0.1) is 14.2 Å². The summed E-state index contributed by atoms with van der Waals surface area (Å²) >= 11 is 0. The summed E-state index contributed by atoms with van der Waals surface area (Å²) in [7, 11) is 2.91. The molecule has 0 heterocycles. The third-order valence-electron chi connectivity index (χ3n) is 1.86. The number of benzene rings is 1. The van der Waals surface area contributed by atoms with E-state index in [1.54, 1.807) is 6.07 Å². The Morgan fingerprint density at radius 1 is 1.36 bits per heavy atom. The van der Waals surface area contributed by atoms with Crippen LogP contribution in [-0.4, -0.2) is 20.5 Å². The maximum Gasteiger partial charge on any atom is 0.184 e. The first kappa shape index (κ1) is 10.5. The van der Waals surface area contributed by atoms with Gasteiger partial charge in [-0.15, -0.1) is 0 Å². The molecule has 0 amide bonds. The number of aldehydes is 1. The first-order valence-electron chi connectivity index (χ1n) is 4.04. The fourth-order valence-electron chi connectivity index (χ4n) is 1.12. The molecule has 76 valence electrons. The highest BCUT2D eigenvalue weighted by Crippen LogP contribution is 2.30. The molecule has 0 radical (unpaired) electrons. The van der Waals surface area contributed by atoms with E-state index in [9.17, 15) is 9.18 Å². The quantitative estimate of drug-likeness (QED) is 0.693. The number of rotatable bonds is 4. The molecular formula is C10H11FO3. The normalized spacial score (nSPS) is 11.9. The zero-order chi connectivity index (χ0) is 10.6. The molecule has 0 aliphatic heterocycles. The highest BCUT2D eigenvalue weighted by Gasteiger charge is 2.14. The van der Waals surface area contributed by atoms with E-state index in [2.05, 4.69) is 0 Å². The Bertz CT molecular complexity index is 325. The van der Waals surface area contributed by atoms with Crippen molar-refractivity contribution >= 4 is 6.29 Å². The summed E-state index contributed by atoms with van der Waals surface area (Å²) < 4.78 is 22.9. The topological polar surface area (TPSA) is 35.5 Å². The van der Waals surface area contributed by atoms with E-state index in [-0.39, 0.29) is 11.8 Å². The Morgan fingerprint density at radius 3 is 2.57 bits per heavy atom. The first-order valence-corrected chi connectivity index (χ1v) is 4.04. The van der Waals surface area contributed by atoms with Gasteiger partial charge in [0.1, 0.15) is 11.5 Å². The summed E-state index contributed by atoms with van der Waals surface area (Å²) in [5, 5.41) is 0. The molecule has 0 saturated carbocycles. The van der Waals surface area contributed by atoms with E-state index in [1.165, 1.54) is 26.4 Å². The summed E-state index contributed by atoms with van der Waals surface area (Å²) in [5.74, 6) is 0.868. The first-order chi connectivity index (χ1) is 6.72. The van der Waals surface area contributed by atoms with Crippen molar-refractivity contribution < 1.29 is 18.7 Å². The minimum atomic E-state index is -1.66. The van der Waals surface area contributed by atoms with Gasteiger partial charge < -0.3 is 9.47 Å². The van der Waals surface area contributed by atoms with Crippen molar-refractivity contribution in [3.05, 3.63) is 23.8 Å². The zero-order valence-electron chi connectivity index (χ0n) is 7.99. The maximum atomic E-state index is 13.1. The average Bonchev–Trinajstić information content (AvgIpc) is 2.27. The van der Waals surface area contributed by atoms with Crippen LogP contribution in [0, 0.1) is 0 Å². The van der Waals surface area contributed by atoms with Gasteiger partial charge in [-0.25, -0.2) is 4.39 Å². The Hall–Kier alpha value is -1.58. The molecule has 1 rings (SSSR count). The molecule has 0 aromatic heterocycles. The molecule has 0 aliphatic carbocycles. The Labute approximate surface area is 81.4 Å². The second kappa shape index (κ2) is 4.60. The average molecular weight is 198 g/mol. The fraction of sp³-hybridized carbons (Fsp3) is 0.300. The number of alkyl halides is 1. The largest absolute Gasteiger partial charge is 0.497 e. The summed E-state index contributed by atoms with van der Waals surface area (Å²) in [6, 6.07) is 4.58. The van der Waals surface area contributed by atoms with Gasteiger partial charge in [-0.1, -0.05) is 0 Å². The van der Waals surface area contributed by atoms with Gasteiger partial charge in [0, 0.05) is 11.6 Å². The van der Waals surface area contributed by atoms with Crippen molar-refractivity contribution in [3.8, 4) is 11.5 Å². The van der Waals surface area contributed by atoms with E-state index in [0.717, 1.165) is 0 Å². The van der Waals surface area contributed by atoms with Crippen LogP contribution in [-0.2, 0) is 4.79 Å². The smallest absolute Gasteiger partial charge is 0.184 e. The maximum absolute atomic E-state index is 13.1. The highest BCUT2D eigenvalue weighted by atomic mass is 19.1. The molecule has 0 bridgehead atoms. The Morgan fingerprint density at radius 2 is 2.07 bits per heavy atom. The van der Waals surface area contributed by atoms with Crippen LogP contribution in [0.1, 0.15) is 11.7 Å². The predicted molar refractivity (Wildman–Crippen MR) is 49.5 cm³/mol. The summed E-state index contributed by atoms with van der Waals surface area (Å²) in [6.45, 7) is 0. The van der Waals surface area contributed by atoms with Gasteiger partial charge in [-0.2, -0.15) is 0 Å². The molecule has 1 aromatic carbocycles. The fourth-order valence-corrected chi connectivity index (χ4v) is 1.12. The van der Waals surface area contributed by atoms with E-state index < -0.39 is 6.17 Å². The van der Waals surface area contributed by atoms with Crippen molar-refractivity contribution in [2.45, 2.75) is 6.17 Å². The standard InChI is InChI=1S/C10H11FO3/c1-13-7-3-4-8(9(11)6-12)10(5-7)14-2/h3-6,9H,1-2H3. The molecule has 0 aliphatic rings. The highest BCUT2D eigenvalue weighted by molar-refractivity contribution is 5.62. The lowest BCUT2D eigenvalue weighted by Gasteiger charge is -2.09. The summed E-state index contributed by atoms with van der Waals surface area (Å²) in [4.78, 5) is 10.3. The van der Waals surface area contributed by atoms with Gasteiger partial charge in [0.2, 0.25) is 0 Å². The van der Waals surface area contributed by atoms with Crippen LogP contribution in [0.25, 0.3) is 0 Å². The van der Waals surface area contributed by atoms with Gasteiger partial charge in [0.25, 0.3) is 0 Å². The second-order valence-electron chi connectivity index (χ2n) is 2.65. The molecule has 14 heavy (non-hydrogen) atoms. The molecule has 0 fully saturated rings. The molecule has 0 spiro atoms. The van der Waals surface area contributed by atoms with Crippen LogP contribution >= 0.6 is 0 Å². The van der Waals surface area contributed by atoms with Crippen LogP contribution in [0.2, 0.25) is 0 Å². The molecule has 0 N–H and O–H groups in total. The summed E-state index contributed by atoms with van der Waals surface area (Å²) in [5.41, 5.74) is 0.211. The minimum absolute atomic E-state index is 0.211. The lowest BCUT2D eigenvalue weighted by Crippen LogP contribution is -1.97. The van der Waals surface area contributed by atoms with Crippen molar-refractivity contribution in [1.82, 2.24) is 0 Å². The number of halogens is 1. The van der Waals surface area contributed by atoms with Crippen molar-refractivity contribution in [3.63, 3.8) is 0 Å². The monoisotopic (exact) mass is 198 g/mol. The molecule has 1 aromatic rings. The van der Waals surface area contributed by atoms with E-state index >= 15 is 0 Å². The molecule has 1 unspecified atom stereocenters.